The lowest BCUT2D eigenvalue weighted by Crippen LogP contribution is -2.25. The third-order valence-corrected chi connectivity index (χ3v) is 2.28. The van der Waals surface area contributed by atoms with Gasteiger partial charge in [-0.25, -0.2) is 4.98 Å². The molecule has 1 amide bonds. The third kappa shape index (κ3) is 3.14. The normalized spacial score (nSPS) is 10.2. The van der Waals surface area contributed by atoms with E-state index in [9.17, 15) is 4.79 Å². The second-order valence-electron chi connectivity index (χ2n) is 3.60. The van der Waals surface area contributed by atoms with Crippen LogP contribution in [-0.4, -0.2) is 22.4 Å². The molecule has 1 N–H and O–H groups in total. The fourth-order valence-corrected chi connectivity index (χ4v) is 1.43. The maximum atomic E-state index is 11.7. The molecule has 0 aliphatic carbocycles. The smallest absolute Gasteiger partial charge is 0.251 e. The number of nitrogens with one attached hydrogen (secondary N) is 1. The summed E-state index contributed by atoms with van der Waals surface area (Å²) in [4.78, 5) is 19.7. The van der Waals surface area contributed by atoms with Crippen molar-refractivity contribution in [1.29, 1.82) is 0 Å². The molecule has 0 atom stereocenters. The van der Waals surface area contributed by atoms with Gasteiger partial charge in [0.1, 0.15) is 6.26 Å². The van der Waals surface area contributed by atoms with Gasteiger partial charge in [0, 0.05) is 37.8 Å². The molecule has 0 saturated carbocycles. The predicted octanol–water partition coefficient (Wildman–Crippen LogP) is 1.35. The van der Waals surface area contributed by atoms with E-state index in [0.717, 1.165) is 5.69 Å². The average molecular weight is 231 g/mol. The summed E-state index contributed by atoms with van der Waals surface area (Å²) in [6.45, 7) is 2.33. The van der Waals surface area contributed by atoms with Crippen LogP contribution in [0.25, 0.3) is 0 Å². The molecule has 0 aliphatic heterocycles. The SMILES string of the molecule is Cc1nc(CCNC(=O)c2ccncc2)co1. The Bertz CT molecular complexity index is 493. The topological polar surface area (TPSA) is 68.0 Å². The fraction of sp³-hybridized carbons (Fsp3) is 0.250. The van der Waals surface area contributed by atoms with Crippen LogP contribution in [0.4, 0.5) is 0 Å². The number of oxazole rings is 1. The van der Waals surface area contributed by atoms with Crippen molar-refractivity contribution in [3.05, 3.63) is 47.9 Å². The van der Waals surface area contributed by atoms with Gasteiger partial charge in [0.25, 0.3) is 5.91 Å². The molecule has 0 fully saturated rings. The summed E-state index contributed by atoms with van der Waals surface area (Å²) in [5.41, 5.74) is 1.45. The second-order valence-corrected chi connectivity index (χ2v) is 3.60. The first-order chi connectivity index (χ1) is 8.25. The van der Waals surface area contributed by atoms with Gasteiger partial charge >= 0.3 is 0 Å². The van der Waals surface area contributed by atoms with E-state index in [2.05, 4.69) is 15.3 Å². The molecule has 2 rings (SSSR count). The van der Waals surface area contributed by atoms with E-state index in [1.54, 1.807) is 37.7 Å². The Morgan fingerprint density at radius 2 is 2.18 bits per heavy atom. The highest BCUT2D eigenvalue weighted by Crippen LogP contribution is 2.01. The largest absolute Gasteiger partial charge is 0.449 e. The first-order valence-corrected chi connectivity index (χ1v) is 5.35. The Morgan fingerprint density at radius 1 is 1.41 bits per heavy atom. The van der Waals surface area contributed by atoms with Gasteiger partial charge in [-0.2, -0.15) is 0 Å². The highest BCUT2D eigenvalue weighted by molar-refractivity contribution is 5.93. The van der Waals surface area contributed by atoms with Crippen molar-refractivity contribution in [2.24, 2.45) is 0 Å². The van der Waals surface area contributed by atoms with E-state index in [1.807, 2.05) is 0 Å². The number of rotatable bonds is 4. The first-order valence-electron chi connectivity index (χ1n) is 5.35. The van der Waals surface area contributed by atoms with Gasteiger partial charge in [-0.3, -0.25) is 9.78 Å². The van der Waals surface area contributed by atoms with E-state index >= 15 is 0 Å². The highest BCUT2D eigenvalue weighted by Gasteiger charge is 2.04. The Kier molecular flexibility index (Phi) is 3.49. The number of pyridine rings is 1. The van der Waals surface area contributed by atoms with E-state index < -0.39 is 0 Å². The van der Waals surface area contributed by atoms with Gasteiger partial charge in [-0.15, -0.1) is 0 Å². The third-order valence-electron chi connectivity index (χ3n) is 2.28. The molecular weight excluding hydrogens is 218 g/mol. The minimum atomic E-state index is -0.104. The zero-order valence-corrected chi connectivity index (χ0v) is 9.51. The van der Waals surface area contributed by atoms with Gasteiger partial charge in [-0.1, -0.05) is 0 Å². The summed E-state index contributed by atoms with van der Waals surface area (Å²) in [5.74, 6) is 0.535. The number of carbonyl (C=O) groups excluding carboxylic acids is 1. The van der Waals surface area contributed by atoms with Crippen molar-refractivity contribution in [1.82, 2.24) is 15.3 Å². The van der Waals surface area contributed by atoms with Crippen LogP contribution in [0.5, 0.6) is 0 Å². The van der Waals surface area contributed by atoms with E-state index in [1.165, 1.54) is 0 Å². The molecule has 0 unspecified atom stereocenters. The van der Waals surface area contributed by atoms with Crippen LogP contribution in [0.1, 0.15) is 21.9 Å². The summed E-state index contributed by atoms with van der Waals surface area (Å²) >= 11 is 0. The zero-order valence-electron chi connectivity index (χ0n) is 9.51. The summed E-state index contributed by atoms with van der Waals surface area (Å²) in [6.07, 6.45) is 5.45. The van der Waals surface area contributed by atoms with Crippen LogP contribution in [0.3, 0.4) is 0 Å². The molecule has 88 valence electrons. The van der Waals surface area contributed by atoms with Crippen molar-refractivity contribution >= 4 is 5.91 Å². The predicted molar refractivity (Wildman–Crippen MR) is 61.5 cm³/mol. The molecule has 2 heterocycles. The van der Waals surface area contributed by atoms with Gasteiger partial charge in [0.15, 0.2) is 5.89 Å². The lowest BCUT2D eigenvalue weighted by molar-refractivity contribution is 0.0954. The number of carbonyl (C=O) groups is 1. The summed E-state index contributed by atoms with van der Waals surface area (Å²) < 4.78 is 5.07. The molecule has 5 nitrogen and oxygen atoms in total. The standard InChI is InChI=1S/C12H13N3O2/c1-9-15-11(8-17-9)4-7-14-12(16)10-2-5-13-6-3-10/h2-3,5-6,8H,4,7H2,1H3,(H,14,16). The lowest BCUT2D eigenvalue weighted by atomic mass is 10.2. The van der Waals surface area contributed by atoms with Crippen molar-refractivity contribution in [2.75, 3.05) is 6.54 Å². The van der Waals surface area contributed by atoms with Crippen LogP contribution in [0.15, 0.2) is 35.2 Å². The van der Waals surface area contributed by atoms with E-state index in [-0.39, 0.29) is 5.91 Å². The molecule has 0 bridgehead atoms. The maximum Gasteiger partial charge on any atom is 0.251 e. The highest BCUT2D eigenvalue weighted by atomic mass is 16.3. The molecule has 5 heteroatoms. The van der Waals surface area contributed by atoms with Crippen LogP contribution in [0.2, 0.25) is 0 Å². The molecule has 0 aliphatic rings. The average Bonchev–Trinajstić information content (AvgIpc) is 2.76. The lowest BCUT2D eigenvalue weighted by Gasteiger charge is -2.02. The van der Waals surface area contributed by atoms with Crippen molar-refractivity contribution in [3.8, 4) is 0 Å². The Balaban J connectivity index is 1.81. The quantitative estimate of drug-likeness (QED) is 0.862. The maximum absolute atomic E-state index is 11.7. The molecule has 0 saturated heterocycles. The van der Waals surface area contributed by atoms with Crippen LogP contribution in [0, 0.1) is 6.92 Å². The fourth-order valence-electron chi connectivity index (χ4n) is 1.43. The molecule has 2 aromatic heterocycles. The van der Waals surface area contributed by atoms with Crippen LogP contribution in [-0.2, 0) is 6.42 Å². The molecule has 2 aromatic rings. The van der Waals surface area contributed by atoms with Gasteiger partial charge in [0.05, 0.1) is 5.69 Å². The van der Waals surface area contributed by atoms with Crippen molar-refractivity contribution in [3.63, 3.8) is 0 Å². The van der Waals surface area contributed by atoms with E-state index in [4.69, 9.17) is 4.42 Å². The Morgan fingerprint density at radius 3 is 2.82 bits per heavy atom. The first kappa shape index (κ1) is 11.3. The number of aromatic nitrogens is 2. The minimum Gasteiger partial charge on any atom is -0.449 e. The summed E-state index contributed by atoms with van der Waals surface area (Å²) in [5, 5.41) is 2.81. The Hall–Kier alpha value is -2.17. The van der Waals surface area contributed by atoms with Crippen LogP contribution < -0.4 is 5.32 Å². The van der Waals surface area contributed by atoms with Crippen LogP contribution >= 0.6 is 0 Å². The van der Waals surface area contributed by atoms with Gasteiger partial charge in [-0.05, 0) is 12.1 Å². The molecular formula is C12H13N3O2. The molecule has 0 radical (unpaired) electrons. The summed E-state index contributed by atoms with van der Waals surface area (Å²) in [7, 11) is 0. The monoisotopic (exact) mass is 231 g/mol. The van der Waals surface area contributed by atoms with Crippen molar-refractivity contribution < 1.29 is 9.21 Å². The molecule has 0 aromatic carbocycles. The van der Waals surface area contributed by atoms with Crippen molar-refractivity contribution in [2.45, 2.75) is 13.3 Å². The second kappa shape index (κ2) is 5.25. The zero-order chi connectivity index (χ0) is 12.1. The number of nitrogens with zero attached hydrogens (tertiary/aromatic N) is 2. The number of aryl methyl sites for hydroxylation is 1. The number of hydrogen-bond donors (Lipinski definition) is 1. The minimum absolute atomic E-state index is 0.104. The summed E-state index contributed by atoms with van der Waals surface area (Å²) in [6, 6.07) is 3.35. The van der Waals surface area contributed by atoms with E-state index in [0.29, 0.717) is 24.4 Å². The van der Waals surface area contributed by atoms with Gasteiger partial charge < -0.3 is 9.73 Å². The molecule has 17 heavy (non-hydrogen) atoms. The molecule has 0 spiro atoms. The number of hydrogen-bond acceptors (Lipinski definition) is 4. The van der Waals surface area contributed by atoms with Gasteiger partial charge in [0.2, 0.25) is 0 Å². The Labute approximate surface area is 98.9 Å². The number of amides is 1.